The lowest BCUT2D eigenvalue weighted by Crippen LogP contribution is -2.42. The van der Waals surface area contributed by atoms with Gasteiger partial charge in [0, 0.05) is 24.9 Å². The van der Waals surface area contributed by atoms with Gasteiger partial charge >= 0.3 is 12.1 Å². The number of carbonyl (C=O) groups excluding carboxylic acids is 2. The molecule has 2 aromatic carbocycles. The first-order valence-electron chi connectivity index (χ1n) is 12.0. The van der Waals surface area contributed by atoms with Crippen molar-refractivity contribution in [1.82, 2.24) is 15.5 Å². The van der Waals surface area contributed by atoms with Gasteiger partial charge in [0.1, 0.15) is 12.6 Å². The number of hydrogen-bond acceptors (Lipinski definition) is 5. The van der Waals surface area contributed by atoms with Crippen LogP contribution in [-0.2, 0) is 14.3 Å². The van der Waals surface area contributed by atoms with E-state index in [-0.39, 0.29) is 30.9 Å². The van der Waals surface area contributed by atoms with Crippen LogP contribution in [0.25, 0.3) is 11.1 Å². The number of fused-ring (bicyclic) bond motifs is 3. The zero-order valence-electron chi connectivity index (χ0n) is 20.6. The third-order valence-corrected chi connectivity index (χ3v) is 6.25. The molecule has 1 aliphatic carbocycles. The molecule has 2 aromatic rings. The van der Waals surface area contributed by atoms with Crippen molar-refractivity contribution < 1.29 is 24.2 Å². The van der Waals surface area contributed by atoms with E-state index in [1.54, 1.807) is 0 Å². The van der Waals surface area contributed by atoms with Crippen molar-refractivity contribution in [2.75, 3.05) is 27.2 Å². The first kappa shape index (κ1) is 26.2. The molecule has 0 fully saturated rings. The highest BCUT2D eigenvalue weighted by atomic mass is 16.5. The summed E-state index contributed by atoms with van der Waals surface area (Å²) in [7, 11) is 3.71. The van der Waals surface area contributed by atoms with Crippen molar-refractivity contribution in [2.24, 2.45) is 0 Å². The largest absolute Gasteiger partial charge is 0.480 e. The van der Waals surface area contributed by atoms with Crippen LogP contribution in [0.5, 0.6) is 0 Å². The summed E-state index contributed by atoms with van der Waals surface area (Å²) in [5.41, 5.74) is 4.67. The molecule has 188 valence electrons. The van der Waals surface area contributed by atoms with Crippen LogP contribution in [0.1, 0.15) is 49.7 Å². The molecule has 8 heteroatoms. The molecule has 8 nitrogen and oxygen atoms in total. The van der Waals surface area contributed by atoms with Gasteiger partial charge < -0.3 is 25.4 Å². The Balaban J connectivity index is 1.40. The summed E-state index contributed by atoms with van der Waals surface area (Å²) in [5.74, 6) is -1.34. The molecule has 0 bridgehead atoms. The minimum Gasteiger partial charge on any atom is -0.480 e. The normalized spacial score (nSPS) is 14.1. The molecule has 2 amide bonds. The maximum atomic E-state index is 12.4. The van der Waals surface area contributed by atoms with E-state index in [1.165, 1.54) is 11.1 Å². The molecule has 0 saturated carbocycles. The van der Waals surface area contributed by atoms with Crippen LogP contribution in [-0.4, -0.2) is 67.3 Å². The number of amides is 2. The first-order chi connectivity index (χ1) is 16.8. The second kappa shape index (κ2) is 12.4. The van der Waals surface area contributed by atoms with Gasteiger partial charge in [-0.15, -0.1) is 0 Å². The van der Waals surface area contributed by atoms with Gasteiger partial charge in [0.25, 0.3) is 0 Å². The minimum atomic E-state index is -1.04. The molecule has 0 spiro atoms. The molecule has 2 atom stereocenters. The average Bonchev–Trinajstić information content (AvgIpc) is 3.14. The summed E-state index contributed by atoms with van der Waals surface area (Å²) in [6.45, 7) is 2.67. The first-order valence-corrected chi connectivity index (χ1v) is 12.0. The maximum Gasteiger partial charge on any atom is 0.407 e. The summed E-state index contributed by atoms with van der Waals surface area (Å²) in [6, 6.07) is 15.3. The van der Waals surface area contributed by atoms with E-state index < -0.39 is 18.1 Å². The summed E-state index contributed by atoms with van der Waals surface area (Å²) in [5, 5.41) is 14.7. The molecule has 0 aliphatic heterocycles. The van der Waals surface area contributed by atoms with Crippen LogP contribution in [0.15, 0.2) is 48.5 Å². The number of nitrogens with one attached hydrogen (secondary N) is 2. The van der Waals surface area contributed by atoms with E-state index in [0.717, 1.165) is 11.1 Å². The SMILES string of the molecule is CC(CCCC(=O)NC(CCN(C)C)C(=O)O)NC(=O)OCC1c2ccccc2-c2ccccc21. The summed E-state index contributed by atoms with van der Waals surface area (Å²) >= 11 is 0. The van der Waals surface area contributed by atoms with Gasteiger partial charge in [-0.25, -0.2) is 9.59 Å². The number of hydrogen-bond donors (Lipinski definition) is 3. The van der Waals surface area contributed by atoms with Gasteiger partial charge in [0.15, 0.2) is 0 Å². The van der Waals surface area contributed by atoms with Gasteiger partial charge in [-0.05, 0) is 62.5 Å². The summed E-state index contributed by atoms with van der Waals surface area (Å²) in [4.78, 5) is 37.8. The Hall–Kier alpha value is -3.39. The summed E-state index contributed by atoms with van der Waals surface area (Å²) in [6.07, 6.45) is 1.15. The van der Waals surface area contributed by atoms with Gasteiger partial charge in [-0.2, -0.15) is 0 Å². The molecular formula is C27H35N3O5. The lowest BCUT2D eigenvalue weighted by molar-refractivity contribution is -0.142. The number of benzene rings is 2. The fraction of sp³-hybridized carbons (Fsp3) is 0.444. The van der Waals surface area contributed by atoms with Crippen molar-refractivity contribution in [3.8, 4) is 11.1 Å². The van der Waals surface area contributed by atoms with Crippen LogP contribution < -0.4 is 10.6 Å². The smallest absolute Gasteiger partial charge is 0.407 e. The topological polar surface area (TPSA) is 108 Å². The predicted octanol–water partition coefficient (Wildman–Crippen LogP) is 3.61. The van der Waals surface area contributed by atoms with Gasteiger partial charge in [-0.1, -0.05) is 48.5 Å². The van der Waals surface area contributed by atoms with Crippen molar-refractivity contribution in [2.45, 2.75) is 50.6 Å². The fourth-order valence-corrected chi connectivity index (χ4v) is 4.39. The molecule has 0 radical (unpaired) electrons. The highest BCUT2D eigenvalue weighted by molar-refractivity contribution is 5.83. The number of ether oxygens (including phenoxy) is 1. The molecule has 0 saturated heterocycles. The molecule has 1 aliphatic rings. The Morgan fingerprint density at radius 3 is 2.14 bits per heavy atom. The highest BCUT2D eigenvalue weighted by Gasteiger charge is 2.29. The molecule has 2 unspecified atom stereocenters. The molecule has 3 N–H and O–H groups in total. The Kier molecular flexibility index (Phi) is 9.25. The lowest BCUT2D eigenvalue weighted by atomic mass is 9.98. The molecular weight excluding hydrogens is 446 g/mol. The van der Waals surface area contributed by atoms with E-state index >= 15 is 0 Å². The van der Waals surface area contributed by atoms with E-state index in [0.29, 0.717) is 25.8 Å². The zero-order chi connectivity index (χ0) is 25.4. The highest BCUT2D eigenvalue weighted by Crippen LogP contribution is 2.44. The van der Waals surface area contributed by atoms with Gasteiger partial charge in [-0.3, -0.25) is 4.79 Å². The molecule has 3 rings (SSSR count). The van der Waals surface area contributed by atoms with Crippen molar-refractivity contribution in [3.05, 3.63) is 59.7 Å². The van der Waals surface area contributed by atoms with E-state index in [2.05, 4.69) is 34.9 Å². The van der Waals surface area contributed by atoms with Crippen molar-refractivity contribution in [3.63, 3.8) is 0 Å². The second-order valence-corrected chi connectivity index (χ2v) is 9.31. The van der Waals surface area contributed by atoms with Crippen LogP contribution in [0.3, 0.4) is 0 Å². The van der Waals surface area contributed by atoms with Crippen LogP contribution in [0.4, 0.5) is 4.79 Å². The Morgan fingerprint density at radius 2 is 1.57 bits per heavy atom. The van der Waals surface area contributed by atoms with Crippen molar-refractivity contribution in [1.29, 1.82) is 0 Å². The number of aliphatic carboxylic acids is 1. The standard InChI is InChI=1S/C27H35N3O5/c1-18(9-8-14-25(31)29-24(26(32)33)15-16-30(2)3)28-27(34)35-17-23-21-12-6-4-10-19(21)20-11-5-7-13-22(20)23/h4-7,10-13,18,23-24H,8-9,14-17H2,1-3H3,(H,28,34)(H,29,31)(H,32,33). The second-order valence-electron chi connectivity index (χ2n) is 9.31. The number of carbonyl (C=O) groups is 3. The Morgan fingerprint density at radius 1 is 0.971 bits per heavy atom. The third kappa shape index (κ3) is 7.29. The number of alkyl carbamates (subject to hydrolysis) is 1. The minimum absolute atomic E-state index is 0.00169. The number of nitrogens with zero attached hydrogens (tertiary/aromatic N) is 1. The van der Waals surface area contributed by atoms with E-state index in [1.807, 2.05) is 50.2 Å². The predicted molar refractivity (Wildman–Crippen MR) is 134 cm³/mol. The summed E-state index contributed by atoms with van der Waals surface area (Å²) < 4.78 is 5.56. The number of carboxylic acid groups (broad SMARTS) is 1. The Bertz CT molecular complexity index is 993. The van der Waals surface area contributed by atoms with E-state index in [9.17, 15) is 19.5 Å². The number of carboxylic acids is 1. The van der Waals surface area contributed by atoms with Crippen LogP contribution in [0, 0.1) is 0 Å². The molecule has 0 aromatic heterocycles. The Labute approximate surface area is 206 Å². The van der Waals surface area contributed by atoms with Crippen LogP contribution >= 0.6 is 0 Å². The lowest BCUT2D eigenvalue weighted by Gasteiger charge is -2.18. The number of rotatable bonds is 12. The van der Waals surface area contributed by atoms with E-state index in [4.69, 9.17) is 4.74 Å². The van der Waals surface area contributed by atoms with Gasteiger partial charge in [0.05, 0.1) is 0 Å². The molecule has 35 heavy (non-hydrogen) atoms. The fourth-order valence-electron chi connectivity index (χ4n) is 4.39. The van der Waals surface area contributed by atoms with Crippen LogP contribution in [0.2, 0.25) is 0 Å². The monoisotopic (exact) mass is 481 g/mol. The molecule has 0 heterocycles. The third-order valence-electron chi connectivity index (χ3n) is 6.25. The van der Waals surface area contributed by atoms with Crippen molar-refractivity contribution >= 4 is 18.0 Å². The maximum absolute atomic E-state index is 12.4. The zero-order valence-corrected chi connectivity index (χ0v) is 20.6. The average molecular weight is 482 g/mol. The quantitative estimate of drug-likeness (QED) is 0.428. The van der Waals surface area contributed by atoms with Gasteiger partial charge in [0.2, 0.25) is 5.91 Å².